The van der Waals surface area contributed by atoms with Crippen LogP contribution in [0.3, 0.4) is 0 Å². The Morgan fingerprint density at radius 1 is 0.365 bits per heavy atom. The molecule has 12 bridgehead atoms. The van der Waals surface area contributed by atoms with Gasteiger partial charge < -0.3 is 153 Å². The minimum atomic E-state index is -2.41. The Morgan fingerprint density at radius 2 is 0.581 bits per heavy atom. The third kappa shape index (κ3) is 12.1. The quantitative estimate of drug-likeness (QED) is 0.0854. The molecular formula is C42H70O32. The van der Waals surface area contributed by atoms with Crippen LogP contribution in [0.1, 0.15) is 26.7 Å². The van der Waals surface area contributed by atoms with Gasteiger partial charge in [-0.3, -0.25) is 4.79 Å². The van der Waals surface area contributed by atoms with Gasteiger partial charge in [-0.25, -0.2) is 0 Å². The van der Waals surface area contributed by atoms with Gasteiger partial charge in [0, 0.05) is 0 Å². The molecule has 31 atom stereocenters. The van der Waals surface area contributed by atoms with E-state index in [9.17, 15) is 96.7 Å². The van der Waals surface area contributed by atoms with Crippen molar-refractivity contribution >= 4 is 5.78 Å². The van der Waals surface area contributed by atoms with E-state index < -0.39 is 242 Å². The molecule has 0 aromatic heterocycles. The van der Waals surface area contributed by atoms with E-state index in [1.165, 1.54) is 6.92 Å². The molecule has 74 heavy (non-hydrogen) atoms. The van der Waals surface area contributed by atoms with E-state index in [0.717, 1.165) is 6.92 Å². The number of Topliss-reactive ketones (excluding diaryl/α,β-unsaturated/α-hetero) is 1. The fourth-order valence-electron chi connectivity index (χ4n) is 9.94. The van der Waals surface area contributed by atoms with Crippen LogP contribution in [0, 0.1) is 0 Å². The lowest BCUT2D eigenvalue weighted by Gasteiger charge is -2.51. The summed E-state index contributed by atoms with van der Waals surface area (Å²) < 4.78 is 75.1. The van der Waals surface area contributed by atoms with E-state index in [-0.39, 0.29) is 6.42 Å². The molecule has 0 spiro atoms. The van der Waals surface area contributed by atoms with Gasteiger partial charge in [0.25, 0.3) is 0 Å². The molecule has 1 unspecified atom stereocenters. The van der Waals surface area contributed by atoms with Crippen molar-refractivity contribution in [3.05, 3.63) is 0 Å². The highest BCUT2D eigenvalue weighted by molar-refractivity contribution is 5.76. The highest BCUT2D eigenvalue weighted by Gasteiger charge is 2.59. The molecule has 22 aliphatic heterocycles. The summed E-state index contributed by atoms with van der Waals surface area (Å²) in [6, 6.07) is 0. The molecule has 22 heterocycles. The average Bonchev–Trinajstić information content (AvgIpc) is 3.38. The Bertz CT molecular complexity index is 1760. The van der Waals surface area contributed by atoms with E-state index >= 15 is 0 Å². The largest absolute Gasteiger partial charge is 0.394 e. The Labute approximate surface area is 420 Å². The molecule has 32 heteroatoms. The minimum Gasteiger partial charge on any atom is -0.394 e. The van der Waals surface area contributed by atoms with E-state index in [1.807, 2.05) is 0 Å². The maximum absolute atomic E-state index is 12.3. The van der Waals surface area contributed by atoms with Crippen LogP contribution in [0.25, 0.3) is 0 Å². The van der Waals surface area contributed by atoms with Gasteiger partial charge in [0.15, 0.2) is 43.5 Å². The normalized spacial score (nSPS) is 51.5. The number of aliphatic hydroxyl groups excluding tert-OH is 17. The first kappa shape index (κ1) is 60.1. The zero-order chi connectivity index (χ0) is 54.2. The van der Waals surface area contributed by atoms with Crippen LogP contribution in [0.15, 0.2) is 0 Å². The van der Waals surface area contributed by atoms with Gasteiger partial charge in [0.1, 0.15) is 152 Å². The first-order chi connectivity index (χ1) is 35.1. The smallest absolute Gasteiger partial charge is 0.187 e. The molecule has 0 aromatic carbocycles. The van der Waals surface area contributed by atoms with E-state index in [0.29, 0.717) is 0 Å². The summed E-state index contributed by atoms with van der Waals surface area (Å²) >= 11 is 0. The monoisotopic (exact) mass is 1090 g/mol. The molecule has 18 N–H and O–H groups in total. The summed E-state index contributed by atoms with van der Waals surface area (Å²) in [5, 5.41) is 200. The van der Waals surface area contributed by atoms with E-state index in [2.05, 4.69) is 0 Å². The predicted molar refractivity (Wildman–Crippen MR) is 225 cm³/mol. The summed E-state index contributed by atoms with van der Waals surface area (Å²) in [4.78, 5) is 12.3. The lowest BCUT2D eigenvalue weighted by Crippen LogP contribution is -2.69. The number of hydrogen-bond donors (Lipinski definition) is 18. The number of ether oxygens (including phenoxy) is 13. The molecule has 22 saturated heterocycles. The summed E-state index contributed by atoms with van der Waals surface area (Å²) in [6.45, 7) is -3.73. The summed E-state index contributed by atoms with van der Waals surface area (Å²) in [5.41, 5.74) is 0. The molecule has 0 saturated carbocycles. The van der Waals surface area contributed by atoms with Crippen molar-refractivity contribution in [3.63, 3.8) is 0 Å². The Morgan fingerprint density at radius 3 is 0.797 bits per heavy atom. The third-order valence-electron chi connectivity index (χ3n) is 14.1. The maximum Gasteiger partial charge on any atom is 0.187 e. The second-order valence-electron chi connectivity index (χ2n) is 19.1. The second-order valence-corrected chi connectivity index (χ2v) is 19.1. The summed E-state index contributed by atoms with van der Waals surface area (Å²) in [6.07, 6.45) is -61.0. The molecule has 22 aliphatic rings. The lowest BCUT2D eigenvalue weighted by atomic mass is 9.94. The van der Waals surface area contributed by atoms with E-state index in [4.69, 9.17) is 61.6 Å². The van der Waals surface area contributed by atoms with Gasteiger partial charge in [-0.15, -0.1) is 0 Å². The standard InChI is InChI=1S/C42H70O32/c1-3-42(61,4-11(2)49)74-35-28(60)41-67-17(10-48)34(35)73-40-27(59)22(54)32(15(8-46)66-40)71-38-25(57)20(52)30(13(6-44)64-38)69-36-23(55)18(50)29(12(5-43)62-36)68-37-24(56)19(51)31(14(7-45)63-37)70-39-26(58)21(53)33(72-41)16(9-47)65-39/h12-41,43-48,50-61H,3-10H2,1-2H3/t12-,13-,14-,15-,16-,17-,18-,19-,20-,21-,22-,23-,24-,25-,26-,27-,28-,29-,30-,31-,32-,33-,34+,35-,36-,37-,38-,39-,40-,41-,42?/m1/s1. The van der Waals surface area contributed by atoms with Crippen molar-refractivity contribution in [3.8, 4) is 0 Å². The maximum atomic E-state index is 12.3. The molecule has 0 amide bonds. The molecule has 0 radical (unpaired) electrons. The number of rotatable bonds is 11. The highest BCUT2D eigenvalue weighted by atomic mass is 16.8. The summed E-state index contributed by atoms with van der Waals surface area (Å²) in [7, 11) is 0. The fraction of sp³-hybridized carbons (Fsp3) is 0.976. The average molecular weight is 1090 g/mol. The first-order valence-electron chi connectivity index (χ1n) is 24.0. The summed E-state index contributed by atoms with van der Waals surface area (Å²) in [5.74, 6) is -3.02. The van der Waals surface area contributed by atoms with Crippen molar-refractivity contribution in [1.29, 1.82) is 0 Å². The van der Waals surface area contributed by atoms with Crippen LogP contribution in [-0.2, 0) is 66.4 Å². The minimum absolute atomic E-state index is 0.332. The van der Waals surface area contributed by atoms with Crippen LogP contribution < -0.4 is 0 Å². The van der Waals surface area contributed by atoms with Crippen molar-refractivity contribution in [2.45, 2.75) is 217 Å². The molecule has 0 aliphatic carbocycles. The van der Waals surface area contributed by atoms with Crippen LogP contribution in [0.5, 0.6) is 0 Å². The number of hydrogen-bond acceptors (Lipinski definition) is 32. The Balaban J connectivity index is 1.24. The zero-order valence-corrected chi connectivity index (χ0v) is 39.7. The number of carbonyl (C=O) groups is 1. The van der Waals surface area contributed by atoms with Crippen LogP contribution in [0.4, 0.5) is 0 Å². The number of carbonyl (C=O) groups excluding carboxylic acids is 1. The Kier molecular flexibility index (Phi) is 20.5. The predicted octanol–water partition coefficient (Wildman–Crippen LogP) is -12.0. The van der Waals surface area contributed by atoms with Gasteiger partial charge in [0.05, 0.1) is 46.1 Å². The topological polar surface area (TPSA) is 501 Å². The van der Waals surface area contributed by atoms with Crippen LogP contribution in [0.2, 0.25) is 0 Å². The van der Waals surface area contributed by atoms with E-state index in [1.54, 1.807) is 0 Å². The zero-order valence-electron chi connectivity index (χ0n) is 39.7. The number of ketones is 1. The van der Waals surface area contributed by atoms with Crippen molar-refractivity contribution in [2.24, 2.45) is 0 Å². The first-order valence-corrected chi connectivity index (χ1v) is 24.0. The lowest BCUT2D eigenvalue weighted by molar-refractivity contribution is -0.410. The van der Waals surface area contributed by atoms with Crippen LogP contribution >= 0.6 is 0 Å². The highest BCUT2D eigenvalue weighted by Crippen LogP contribution is 2.39. The fourth-order valence-corrected chi connectivity index (χ4v) is 9.94. The molecule has 430 valence electrons. The molecule has 22 rings (SSSR count). The Hall–Kier alpha value is -1.57. The van der Waals surface area contributed by atoms with Gasteiger partial charge in [-0.1, -0.05) is 6.92 Å². The van der Waals surface area contributed by atoms with Gasteiger partial charge in [0.2, 0.25) is 0 Å². The van der Waals surface area contributed by atoms with Crippen molar-refractivity contribution in [1.82, 2.24) is 0 Å². The molecule has 32 nitrogen and oxygen atoms in total. The molecular weight excluding hydrogens is 1020 g/mol. The number of aliphatic hydroxyl groups is 18. The van der Waals surface area contributed by atoms with Crippen molar-refractivity contribution in [2.75, 3.05) is 39.6 Å². The van der Waals surface area contributed by atoms with Gasteiger partial charge >= 0.3 is 0 Å². The van der Waals surface area contributed by atoms with Gasteiger partial charge in [-0.05, 0) is 13.3 Å². The molecule has 22 fully saturated rings. The van der Waals surface area contributed by atoms with Crippen LogP contribution in [-0.4, -0.2) is 327 Å². The SMILES string of the molecule is CCC(O)(CC(C)=O)O[C@@H]1[C@@H](O)[C@H]2O[C@H]3[C@H](O)[C@@H](O)[C@@H](O[C@H]4[C@H](O)[C@@H](O)[C@@H](O[C@H]5[C@H](O)[C@@H](O)[C@@H](O[C@H]6[C@H](O)[C@@H](O)[C@@H](O[C@H]7[C@H](O)[C@@H](O)[C@@H](O[C@H]1[C@@H](CO)O2)O[C@@H]7CO)O[C@@H]6CO)O[C@@H]5CO)O[C@@H]4CO)O[C@@H]3CO. The van der Waals surface area contributed by atoms with Gasteiger partial charge in [-0.2, -0.15) is 0 Å². The van der Waals surface area contributed by atoms with Crippen molar-refractivity contribution < 1.29 is 158 Å². The second kappa shape index (κ2) is 25.3. The molecule has 0 aromatic rings. The third-order valence-corrected chi connectivity index (χ3v) is 14.1.